The fourth-order valence-corrected chi connectivity index (χ4v) is 2.00. The van der Waals surface area contributed by atoms with Gasteiger partial charge in [0.25, 0.3) is 0 Å². The molecule has 0 aliphatic rings. The first-order valence-electron chi connectivity index (χ1n) is 6.36. The normalized spacial score (nSPS) is 11.0. The molecule has 0 radical (unpaired) electrons. The van der Waals surface area contributed by atoms with E-state index in [-0.39, 0.29) is 18.0 Å². The van der Waals surface area contributed by atoms with Crippen LogP contribution in [0.25, 0.3) is 0 Å². The lowest BCUT2D eigenvalue weighted by Gasteiger charge is -2.23. The van der Waals surface area contributed by atoms with Crippen LogP contribution in [0.4, 0.5) is 10.5 Å². The molecule has 0 unspecified atom stereocenters. The van der Waals surface area contributed by atoms with Gasteiger partial charge in [0.05, 0.1) is 10.7 Å². The SMILES string of the molecule is CN(CC(=O)NC(C)(C)C)C(=O)Nc1ccc(Cl)cc1Cl. The Balaban J connectivity index is 2.61. The van der Waals surface area contributed by atoms with Gasteiger partial charge in [0.1, 0.15) is 6.54 Å². The molecule has 0 aliphatic heterocycles. The number of carbonyl (C=O) groups is 2. The third kappa shape index (κ3) is 6.23. The maximum atomic E-state index is 12.0. The molecular formula is C14H19Cl2N3O2. The second kappa shape index (κ2) is 7.00. The van der Waals surface area contributed by atoms with Gasteiger partial charge in [-0.15, -0.1) is 0 Å². The van der Waals surface area contributed by atoms with E-state index in [2.05, 4.69) is 10.6 Å². The van der Waals surface area contributed by atoms with Crippen LogP contribution in [-0.2, 0) is 4.79 Å². The van der Waals surface area contributed by atoms with E-state index in [1.54, 1.807) is 12.1 Å². The maximum absolute atomic E-state index is 12.0. The van der Waals surface area contributed by atoms with Crippen molar-refractivity contribution in [2.45, 2.75) is 26.3 Å². The molecule has 1 aromatic carbocycles. The topological polar surface area (TPSA) is 61.4 Å². The number of halogens is 2. The largest absolute Gasteiger partial charge is 0.350 e. The molecule has 116 valence electrons. The summed E-state index contributed by atoms with van der Waals surface area (Å²) in [6.45, 7) is 5.57. The Hall–Kier alpha value is -1.46. The molecule has 5 nitrogen and oxygen atoms in total. The predicted molar refractivity (Wildman–Crippen MR) is 86.0 cm³/mol. The molecule has 0 spiro atoms. The summed E-state index contributed by atoms with van der Waals surface area (Å²) in [5.74, 6) is -0.234. The molecule has 0 atom stereocenters. The Morgan fingerprint density at radius 2 is 1.86 bits per heavy atom. The van der Waals surface area contributed by atoms with Gasteiger partial charge in [-0.3, -0.25) is 4.79 Å². The van der Waals surface area contributed by atoms with E-state index in [9.17, 15) is 9.59 Å². The van der Waals surface area contributed by atoms with Crippen LogP contribution < -0.4 is 10.6 Å². The van der Waals surface area contributed by atoms with Crippen LogP contribution in [0.2, 0.25) is 10.0 Å². The van der Waals surface area contributed by atoms with E-state index < -0.39 is 6.03 Å². The minimum Gasteiger partial charge on any atom is -0.350 e. The molecule has 1 aromatic rings. The molecule has 2 N–H and O–H groups in total. The average molecular weight is 332 g/mol. The summed E-state index contributed by atoms with van der Waals surface area (Å²) >= 11 is 11.8. The zero-order valence-corrected chi connectivity index (χ0v) is 14.0. The smallest absolute Gasteiger partial charge is 0.322 e. The highest BCUT2D eigenvalue weighted by Gasteiger charge is 2.18. The highest BCUT2D eigenvalue weighted by Crippen LogP contribution is 2.25. The lowest BCUT2D eigenvalue weighted by Crippen LogP contribution is -2.47. The van der Waals surface area contributed by atoms with E-state index in [1.807, 2.05) is 20.8 Å². The fraction of sp³-hybridized carbons (Fsp3) is 0.429. The number of hydrogen-bond acceptors (Lipinski definition) is 2. The van der Waals surface area contributed by atoms with Gasteiger partial charge in [0.15, 0.2) is 0 Å². The summed E-state index contributed by atoms with van der Waals surface area (Å²) in [6, 6.07) is 4.33. The lowest BCUT2D eigenvalue weighted by atomic mass is 10.1. The first-order chi connectivity index (χ1) is 9.58. The third-order valence-electron chi connectivity index (χ3n) is 2.41. The second-order valence-corrected chi connectivity index (χ2v) is 6.55. The Morgan fingerprint density at radius 3 is 2.38 bits per heavy atom. The van der Waals surface area contributed by atoms with Crippen molar-refractivity contribution in [3.05, 3.63) is 28.2 Å². The van der Waals surface area contributed by atoms with Gasteiger partial charge in [-0.05, 0) is 39.0 Å². The van der Waals surface area contributed by atoms with Crippen LogP contribution >= 0.6 is 23.2 Å². The summed E-state index contributed by atoms with van der Waals surface area (Å²) in [7, 11) is 1.53. The van der Waals surface area contributed by atoms with Gasteiger partial charge in [0.2, 0.25) is 5.91 Å². The Morgan fingerprint density at radius 1 is 1.24 bits per heavy atom. The van der Waals surface area contributed by atoms with Crippen molar-refractivity contribution in [3.63, 3.8) is 0 Å². The highest BCUT2D eigenvalue weighted by molar-refractivity contribution is 6.36. The lowest BCUT2D eigenvalue weighted by molar-refractivity contribution is -0.122. The molecule has 1 rings (SSSR count). The number of anilines is 1. The number of nitrogens with zero attached hydrogens (tertiary/aromatic N) is 1. The van der Waals surface area contributed by atoms with E-state index in [4.69, 9.17) is 23.2 Å². The molecule has 0 heterocycles. The number of amides is 3. The average Bonchev–Trinajstić information content (AvgIpc) is 2.29. The number of nitrogens with one attached hydrogen (secondary N) is 2. The fourth-order valence-electron chi connectivity index (χ4n) is 1.55. The summed E-state index contributed by atoms with van der Waals surface area (Å²) in [6.07, 6.45) is 0. The Kier molecular flexibility index (Phi) is 5.87. The zero-order valence-electron chi connectivity index (χ0n) is 12.5. The molecule has 0 aliphatic carbocycles. The van der Waals surface area contributed by atoms with E-state index >= 15 is 0 Å². The van der Waals surface area contributed by atoms with E-state index in [0.717, 1.165) is 0 Å². The van der Waals surface area contributed by atoms with Crippen molar-refractivity contribution in [1.82, 2.24) is 10.2 Å². The van der Waals surface area contributed by atoms with Crippen molar-refractivity contribution < 1.29 is 9.59 Å². The molecule has 21 heavy (non-hydrogen) atoms. The molecular weight excluding hydrogens is 313 g/mol. The van der Waals surface area contributed by atoms with Crippen molar-refractivity contribution >= 4 is 40.8 Å². The minimum absolute atomic E-state index is 0.0473. The van der Waals surface area contributed by atoms with Crippen molar-refractivity contribution in [2.75, 3.05) is 18.9 Å². The molecule has 0 fully saturated rings. The van der Waals surface area contributed by atoms with Gasteiger partial charge in [-0.2, -0.15) is 0 Å². The minimum atomic E-state index is -0.428. The van der Waals surface area contributed by atoms with Crippen LogP contribution in [0.5, 0.6) is 0 Å². The summed E-state index contributed by atoms with van der Waals surface area (Å²) in [4.78, 5) is 25.0. The molecule has 0 bridgehead atoms. The number of hydrogen-bond donors (Lipinski definition) is 2. The van der Waals surface area contributed by atoms with Crippen LogP contribution in [0.1, 0.15) is 20.8 Å². The standard InChI is InChI=1S/C14H19Cl2N3O2/c1-14(2,3)18-12(20)8-19(4)13(21)17-11-6-5-9(15)7-10(11)16/h5-7H,8H2,1-4H3,(H,17,21)(H,18,20). The molecule has 7 heteroatoms. The third-order valence-corrected chi connectivity index (χ3v) is 2.96. The monoisotopic (exact) mass is 331 g/mol. The van der Waals surface area contributed by atoms with Crippen molar-refractivity contribution in [2.24, 2.45) is 0 Å². The van der Waals surface area contributed by atoms with Crippen LogP contribution in [0.15, 0.2) is 18.2 Å². The van der Waals surface area contributed by atoms with Crippen LogP contribution in [-0.4, -0.2) is 36.0 Å². The van der Waals surface area contributed by atoms with Gasteiger partial charge >= 0.3 is 6.03 Å². The number of urea groups is 1. The summed E-state index contributed by atoms with van der Waals surface area (Å²) in [5.41, 5.74) is 0.0996. The molecule has 0 aromatic heterocycles. The van der Waals surface area contributed by atoms with Crippen LogP contribution in [0, 0.1) is 0 Å². The zero-order chi connectivity index (χ0) is 16.2. The first kappa shape index (κ1) is 17.6. The molecule has 0 saturated carbocycles. The molecule has 0 saturated heterocycles. The maximum Gasteiger partial charge on any atom is 0.322 e. The van der Waals surface area contributed by atoms with Gasteiger partial charge in [-0.25, -0.2) is 4.79 Å². The summed E-state index contributed by atoms with van der Waals surface area (Å²) in [5, 5.41) is 6.22. The van der Waals surface area contributed by atoms with Gasteiger partial charge < -0.3 is 15.5 Å². The number of benzene rings is 1. The number of likely N-dealkylation sites (N-methyl/N-ethyl adjacent to an activating group) is 1. The Bertz CT molecular complexity index is 542. The second-order valence-electron chi connectivity index (χ2n) is 5.71. The highest BCUT2D eigenvalue weighted by atomic mass is 35.5. The van der Waals surface area contributed by atoms with E-state index in [0.29, 0.717) is 15.7 Å². The van der Waals surface area contributed by atoms with E-state index in [1.165, 1.54) is 18.0 Å². The van der Waals surface area contributed by atoms with Crippen LogP contribution in [0.3, 0.4) is 0 Å². The molecule has 3 amide bonds. The van der Waals surface area contributed by atoms with Crippen molar-refractivity contribution in [3.8, 4) is 0 Å². The number of rotatable bonds is 3. The first-order valence-corrected chi connectivity index (χ1v) is 7.12. The number of carbonyl (C=O) groups excluding carboxylic acids is 2. The predicted octanol–water partition coefficient (Wildman–Crippen LogP) is 3.37. The quantitative estimate of drug-likeness (QED) is 0.891. The van der Waals surface area contributed by atoms with Gasteiger partial charge in [0, 0.05) is 17.6 Å². The summed E-state index contributed by atoms with van der Waals surface area (Å²) < 4.78 is 0. The Labute approximate surface area is 134 Å². The van der Waals surface area contributed by atoms with Crippen molar-refractivity contribution in [1.29, 1.82) is 0 Å². The van der Waals surface area contributed by atoms with Gasteiger partial charge in [-0.1, -0.05) is 23.2 Å².